The van der Waals surface area contributed by atoms with Gasteiger partial charge in [-0.15, -0.1) is 0 Å². The molecular weight excluding hydrogens is 284 g/mol. The van der Waals surface area contributed by atoms with Crippen molar-refractivity contribution in [2.45, 2.75) is 19.6 Å². The molecule has 0 amide bonds. The van der Waals surface area contributed by atoms with Crippen molar-refractivity contribution < 1.29 is 24.2 Å². The third-order valence-corrected chi connectivity index (χ3v) is 3.35. The Labute approximate surface area is 127 Å². The maximum Gasteiger partial charge on any atom is 0.345 e. The van der Waals surface area contributed by atoms with E-state index >= 15 is 0 Å². The average molecular weight is 298 g/mol. The summed E-state index contributed by atoms with van der Waals surface area (Å²) in [4.78, 5) is 23.4. The third kappa shape index (κ3) is 2.41. The van der Waals surface area contributed by atoms with Gasteiger partial charge in [0.05, 0.1) is 5.56 Å². The standard InChI is InChI=1S/C17H14O5/c1-17(2)21-13-8-4-7-12(14(13)16(20)22-17)10-5-3-6-11(9-10)15(18)19/h3-9H,1-2H3,(H,18,19). The molecule has 3 rings (SSSR count). The zero-order valence-electron chi connectivity index (χ0n) is 12.1. The van der Waals surface area contributed by atoms with E-state index in [4.69, 9.17) is 14.6 Å². The fraction of sp³-hybridized carbons (Fsp3) is 0.176. The highest BCUT2D eigenvalue weighted by molar-refractivity contribution is 6.01. The molecule has 1 aliphatic rings. The number of aromatic carboxylic acids is 1. The van der Waals surface area contributed by atoms with Gasteiger partial charge in [0.2, 0.25) is 5.79 Å². The number of carbonyl (C=O) groups excluding carboxylic acids is 1. The minimum atomic E-state index is -1.02. The summed E-state index contributed by atoms with van der Waals surface area (Å²) in [6.45, 7) is 3.32. The normalized spacial score (nSPS) is 15.5. The highest BCUT2D eigenvalue weighted by Gasteiger charge is 2.35. The van der Waals surface area contributed by atoms with Crippen LogP contribution in [0.1, 0.15) is 34.6 Å². The lowest BCUT2D eigenvalue weighted by Crippen LogP contribution is -2.39. The van der Waals surface area contributed by atoms with Gasteiger partial charge in [0.15, 0.2) is 0 Å². The summed E-state index contributed by atoms with van der Waals surface area (Å²) in [5, 5.41) is 9.10. The van der Waals surface area contributed by atoms with Crippen LogP contribution in [0.25, 0.3) is 11.1 Å². The quantitative estimate of drug-likeness (QED) is 0.861. The van der Waals surface area contributed by atoms with Crippen molar-refractivity contribution in [2.24, 2.45) is 0 Å². The number of hydrogen-bond acceptors (Lipinski definition) is 4. The van der Waals surface area contributed by atoms with Crippen LogP contribution in [0.3, 0.4) is 0 Å². The molecule has 0 radical (unpaired) electrons. The second-order valence-corrected chi connectivity index (χ2v) is 5.46. The topological polar surface area (TPSA) is 72.8 Å². The molecule has 0 fully saturated rings. The highest BCUT2D eigenvalue weighted by atomic mass is 16.7. The zero-order chi connectivity index (χ0) is 15.9. The molecule has 0 bridgehead atoms. The zero-order valence-corrected chi connectivity index (χ0v) is 12.1. The van der Waals surface area contributed by atoms with E-state index in [-0.39, 0.29) is 5.56 Å². The van der Waals surface area contributed by atoms with Crippen LogP contribution in [0.4, 0.5) is 0 Å². The summed E-state index contributed by atoms with van der Waals surface area (Å²) < 4.78 is 10.9. The Morgan fingerprint density at radius 1 is 1.09 bits per heavy atom. The predicted octanol–water partition coefficient (Wildman–Crippen LogP) is 3.34. The van der Waals surface area contributed by atoms with Gasteiger partial charge in [-0.3, -0.25) is 0 Å². The molecule has 0 aromatic heterocycles. The fourth-order valence-electron chi connectivity index (χ4n) is 2.45. The molecule has 2 aromatic rings. The van der Waals surface area contributed by atoms with Crippen molar-refractivity contribution in [3.05, 3.63) is 53.6 Å². The summed E-state index contributed by atoms with van der Waals surface area (Å²) in [7, 11) is 0. The number of esters is 1. The van der Waals surface area contributed by atoms with Crippen molar-refractivity contribution in [1.82, 2.24) is 0 Å². The van der Waals surface area contributed by atoms with Gasteiger partial charge >= 0.3 is 11.9 Å². The molecule has 22 heavy (non-hydrogen) atoms. The molecule has 0 spiro atoms. The second kappa shape index (κ2) is 4.87. The first-order valence-corrected chi connectivity index (χ1v) is 6.76. The Bertz CT molecular complexity index is 776. The summed E-state index contributed by atoms with van der Waals surface area (Å²) in [5.41, 5.74) is 1.67. The number of fused-ring (bicyclic) bond motifs is 1. The van der Waals surface area contributed by atoms with Crippen molar-refractivity contribution >= 4 is 11.9 Å². The number of carbonyl (C=O) groups is 2. The predicted molar refractivity (Wildman–Crippen MR) is 79.0 cm³/mol. The monoisotopic (exact) mass is 298 g/mol. The van der Waals surface area contributed by atoms with Gasteiger partial charge in [0.25, 0.3) is 0 Å². The molecule has 1 aliphatic heterocycles. The minimum absolute atomic E-state index is 0.153. The third-order valence-electron chi connectivity index (χ3n) is 3.35. The molecule has 1 heterocycles. The summed E-state index contributed by atoms with van der Waals surface area (Å²) in [6.07, 6.45) is 0. The van der Waals surface area contributed by atoms with Gasteiger partial charge in [-0.25, -0.2) is 9.59 Å². The molecule has 5 nitrogen and oxygen atoms in total. The van der Waals surface area contributed by atoms with Crippen LogP contribution < -0.4 is 4.74 Å². The lowest BCUT2D eigenvalue weighted by atomic mass is 9.96. The van der Waals surface area contributed by atoms with Crippen molar-refractivity contribution in [3.8, 4) is 16.9 Å². The van der Waals surface area contributed by atoms with Crippen LogP contribution in [-0.2, 0) is 4.74 Å². The first kappa shape index (κ1) is 14.1. The van der Waals surface area contributed by atoms with Crippen molar-refractivity contribution in [3.63, 3.8) is 0 Å². The molecule has 5 heteroatoms. The number of carboxylic acids is 1. The first-order valence-electron chi connectivity index (χ1n) is 6.76. The van der Waals surface area contributed by atoms with E-state index in [1.54, 1.807) is 44.2 Å². The van der Waals surface area contributed by atoms with E-state index in [1.807, 2.05) is 0 Å². The number of carboxylic acid groups (broad SMARTS) is 1. The summed E-state index contributed by atoms with van der Waals surface area (Å²) in [6, 6.07) is 11.6. The van der Waals surface area contributed by atoms with Gasteiger partial charge in [-0.2, -0.15) is 0 Å². The number of hydrogen-bond donors (Lipinski definition) is 1. The van der Waals surface area contributed by atoms with Crippen LogP contribution in [0.15, 0.2) is 42.5 Å². The molecular formula is C17H14O5. The molecule has 0 saturated heterocycles. The van der Waals surface area contributed by atoms with Gasteiger partial charge in [-0.05, 0) is 29.3 Å². The second-order valence-electron chi connectivity index (χ2n) is 5.46. The Morgan fingerprint density at radius 2 is 1.82 bits per heavy atom. The van der Waals surface area contributed by atoms with Crippen LogP contribution in [0.2, 0.25) is 0 Å². The van der Waals surface area contributed by atoms with Gasteiger partial charge < -0.3 is 14.6 Å². The van der Waals surface area contributed by atoms with Gasteiger partial charge in [0.1, 0.15) is 11.3 Å². The van der Waals surface area contributed by atoms with E-state index in [0.29, 0.717) is 22.4 Å². The Morgan fingerprint density at radius 3 is 2.55 bits per heavy atom. The maximum absolute atomic E-state index is 12.3. The number of ether oxygens (including phenoxy) is 2. The smallest absolute Gasteiger partial charge is 0.345 e. The van der Waals surface area contributed by atoms with E-state index in [9.17, 15) is 9.59 Å². The van der Waals surface area contributed by atoms with Crippen molar-refractivity contribution in [1.29, 1.82) is 0 Å². The van der Waals surface area contributed by atoms with Crippen LogP contribution in [0, 0.1) is 0 Å². The van der Waals surface area contributed by atoms with Crippen molar-refractivity contribution in [2.75, 3.05) is 0 Å². The van der Waals surface area contributed by atoms with Crippen LogP contribution in [0.5, 0.6) is 5.75 Å². The van der Waals surface area contributed by atoms with E-state index < -0.39 is 17.7 Å². The van der Waals surface area contributed by atoms with Gasteiger partial charge in [-0.1, -0.05) is 24.3 Å². The minimum Gasteiger partial charge on any atom is -0.478 e. The maximum atomic E-state index is 12.3. The summed E-state index contributed by atoms with van der Waals surface area (Å²) in [5.74, 6) is -2.10. The lowest BCUT2D eigenvalue weighted by Gasteiger charge is -2.32. The van der Waals surface area contributed by atoms with Gasteiger partial charge in [0, 0.05) is 13.8 Å². The molecule has 2 aromatic carbocycles. The molecule has 0 unspecified atom stereocenters. The molecule has 0 saturated carbocycles. The average Bonchev–Trinajstić information content (AvgIpc) is 2.45. The van der Waals surface area contributed by atoms with Crippen LogP contribution in [-0.4, -0.2) is 22.8 Å². The number of cyclic esters (lactones) is 1. The van der Waals surface area contributed by atoms with E-state index in [1.165, 1.54) is 12.1 Å². The Balaban J connectivity index is 2.16. The largest absolute Gasteiger partial charge is 0.478 e. The van der Waals surface area contributed by atoms with Crippen LogP contribution >= 0.6 is 0 Å². The SMILES string of the molecule is CC1(C)OC(=O)c2c(cccc2-c2cccc(C(=O)O)c2)O1. The van der Waals surface area contributed by atoms with E-state index in [0.717, 1.165) is 0 Å². The fourth-order valence-corrected chi connectivity index (χ4v) is 2.45. The lowest BCUT2D eigenvalue weighted by molar-refractivity contribution is -0.127. The van der Waals surface area contributed by atoms with E-state index in [2.05, 4.69) is 0 Å². The molecule has 112 valence electrons. The highest BCUT2D eigenvalue weighted by Crippen LogP contribution is 2.37. The number of benzene rings is 2. The number of rotatable bonds is 2. The Kier molecular flexibility index (Phi) is 3.13. The molecule has 1 N–H and O–H groups in total. The Hall–Kier alpha value is -2.82. The molecule has 0 aliphatic carbocycles. The first-order chi connectivity index (χ1) is 10.4. The molecule has 0 atom stereocenters. The summed E-state index contributed by atoms with van der Waals surface area (Å²) >= 11 is 0.